The molecule has 0 amide bonds. The summed E-state index contributed by atoms with van der Waals surface area (Å²) in [6.45, 7) is 1.94. The molecule has 0 saturated carbocycles. The number of hydrogen-bond acceptors (Lipinski definition) is 4. The van der Waals surface area contributed by atoms with Crippen LogP contribution in [-0.4, -0.2) is 26.2 Å². The van der Waals surface area contributed by atoms with E-state index in [9.17, 15) is 4.79 Å². The molecule has 0 aliphatic heterocycles. The molecule has 1 rings (SSSR count). The van der Waals surface area contributed by atoms with Gasteiger partial charge in [0.1, 0.15) is 5.76 Å². The van der Waals surface area contributed by atoms with E-state index in [1.165, 1.54) is 7.11 Å². The van der Waals surface area contributed by atoms with Crippen molar-refractivity contribution >= 4 is 5.97 Å². The monoisotopic (exact) mass is 239 g/mol. The summed E-state index contributed by atoms with van der Waals surface area (Å²) >= 11 is 0. The first-order valence-electron chi connectivity index (χ1n) is 6.13. The molecular formula is C13H21NO3. The van der Waals surface area contributed by atoms with E-state index in [-0.39, 0.29) is 5.97 Å². The molecule has 1 aromatic rings. The van der Waals surface area contributed by atoms with E-state index in [2.05, 4.69) is 10.1 Å². The van der Waals surface area contributed by atoms with Crippen LogP contribution >= 0.6 is 0 Å². The first kappa shape index (κ1) is 13.8. The number of ether oxygens (including phenoxy) is 1. The van der Waals surface area contributed by atoms with Gasteiger partial charge in [0.25, 0.3) is 0 Å². The van der Waals surface area contributed by atoms with Gasteiger partial charge in [0.05, 0.1) is 13.4 Å². The molecule has 0 aromatic carbocycles. The Morgan fingerprint density at radius 1 is 1.35 bits per heavy atom. The summed E-state index contributed by atoms with van der Waals surface area (Å²) in [5, 5.41) is 3.35. The lowest BCUT2D eigenvalue weighted by Crippen LogP contribution is -2.17. The Hall–Kier alpha value is -1.29. The van der Waals surface area contributed by atoms with Crippen molar-refractivity contribution in [2.75, 3.05) is 20.2 Å². The van der Waals surface area contributed by atoms with Gasteiger partial charge < -0.3 is 14.5 Å². The molecule has 0 aliphatic rings. The van der Waals surface area contributed by atoms with Crippen LogP contribution in [0.1, 0.15) is 31.4 Å². The van der Waals surface area contributed by atoms with E-state index < -0.39 is 0 Å². The quantitative estimate of drug-likeness (QED) is 0.530. The third-order valence-electron chi connectivity index (χ3n) is 2.57. The molecule has 1 aromatic heterocycles. The third kappa shape index (κ3) is 6.79. The topological polar surface area (TPSA) is 51.5 Å². The number of furan rings is 1. The Balaban J connectivity index is 1.83. The minimum Gasteiger partial charge on any atom is -0.469 e. The molecule has 0 aliphatic carbocycles. The fourth-order valence-electron chi connectivity index (χ4n) is 1.59. The first-order chi connectivity index (χ1) is 8.33. The Kier molecular flexibility index (Phi) is 7.14. The molecule has 0 radical (unpaired) electrons. The number of carbonyl (C=O) groups is 1. The minimum absolute atomic E-state index is 0.122. The lowest BCUT2D eigenvalue weighted by atomic mass is 10.2. The summed E-state index contributed by atoms with van der Waals surface area (Å²) in [6.07, 6.45) is 6.17. The minimum atomic E-state index is -0.122. The summed E-state index contributed by atoms with van der Waals surface area (Å²) in [6, 6.07) is 3.91. The third-order valence-corrected chi connectivity index (χ3v) is 2.57. The van der Waals surface area contributed by atoms with E-state index in [1.807, 2.05) is 12.1 Å². The van der Waals surface area contributed by atoms with Crippen LogP contribution in [0.3, 0.4) is 0 Å². The largest absolute Gasteiger partial charge is 0.469 e. The lowest BCUT2D eigenvalue weighted by molar-refractivity contribution is -0.140. The Labute approximate surface area is 102 Å². The maximum Gasteiger partial charge on any atom is 0.305 e. The highest BCUT2D eigenvalue weighted by atomic mass is 16.5. The molecule has 96 valence electrons. The Morgan fingerprint density at radius 2 is 2.18 bits per heavy atom. The second-order valence-corrected chi connectivity index (χ2v) is 3.97. The number of hydrogen-bond donors (Lipinski definition) is 1. The predicted molar refractivity (Wildman–Crippen MR) is 65.8 cm³/mol. The van der Waals surface area contributed by atoms with Crippen molar-refractivity contribution in [3.8, 4) is 0 Å². The average molecular weight is 239 g/mol. The van der Waals surface area contributed by atoms with Crippen molar-refractivity contribution in [1.82, 2.24) is 5.32 Å². The van der Waals surface area contributed by atoms with Crippen LogP contribution in [0.2, 0.25) is 0 Å². The maximum atomic E-state index is 10.8. The summed E-state index contributed by atoms with van der Waals surface area (Å²) in [7, 11) is 1.43. The number of methoxy groups -OCH3 is 1. The highest BCUT2D eigenvalue weighted by molar-refractivity contribution is 5.68. The molecule has 17 heavy (non-hydrogen) atoms. The van der Waals surface area contributed by atoms with Crippen LogP contribution in [0.4, 0.5) is 0 Å². The highest BCUT2D eigenvalue weighted by Gasteiger charge is 1.99. The molecule has 0 unspecified atom stereocenters. The Morgan fingerprint density at radius 3 is 2.88 bits per heavy atom. The van der Waals surface area contributed by atoms with Gasteiger partial charge in [-0.2, -0.15) is 0 Å². The van der Waals surface area contributed by atoms with Gasteiger partial charge in [0.15, 0.2) is 0 Å². The van der Waals surface area contributed by atoms with Crippen LogP contribution in [0.25, 0.3) is 0 Å². The number of rotatable bonds is 9. The molecule has 1 heterocycles. The SMILES string of the molecule is COC(=O)CCCCNCCCc1ccco1. The molecule has 1 N–H and O–H groups in total. The van der Waals surface area contributed by atoms with Crippen molar-refractivity contribution in [1.29, 1.82) is 0 Å². The Bertz CT molecular complexity index is 296. The zero-order chi connectivity index (χ0) is 12.3. The van der Waals surface area contributed by atoms with Gasteiger partial charge in [-0.3, -0.25) is 4.79 Å². The lowest BCUT2D eigenvalue weighted by Gasteiger charge is -2.03. The van der Waals surface area contributed by atoms with Crippen LogP contribution in [-0.2, 0) is 16.0 Å². The summed E-state index contributed by atoms with van der Waals surface area (Å²) in [4.78, 5) is 10.8. The molecule has 0 saturated heterocycles. The second kappa shape index (κ2) is 8.82. The van der Waals surface area contributed by atoms with Crippen LogP contribution in [0.15, 0.2) is 22.8 Å². The van der Waals surface area contributed by atoms with Gasteiger partial charge in [-0.25, -0.2) is 0 Å². The average Bonchev–Trinajstić information content (AvgIpc) is 2.85. The van der Waals surface area contributed by atoms with E-state index >= 15 is 0 Å². The van der Waals surface area contributed by atoms with Gasteiger partial charge in [-0.05, 0) is 44.5 Å². The first-order valence-corrected chi connectivity index (χ1v) is 6.13. The number of esters is 1. The predicted octanol–water partition coefficient (Wildman–Crippen LogP) is 2.15. The molecular weight excluding hydrogens is 218 g/mol. The van der Waals surface area contributed by atoms with Crippen molar-refractivity contribution in [3.63, 3.8) is 0 Å². The fraction of sp³-hybridized carbons (Fsp3) is 0.615. The van der Waals surface area contributed by atoms with Gasteiger partial charge in [0, 0.05) is 12.8 Å². The summed E-state index contributed by atoms with van der Waals surface area (Å²) in [5.74, 6) is 0.917. The molecule has 0 fully saturated rings. The molecule has 0 bridgehead atoms. The molecule has 4 nitrogen and oxygen atoms in total. The van der Waals surface area contributed by atoms with Crippen molar-refractivity contribution in [3.05, 3.63) is 24.2 Å². The fourth-order valence-corrected chi connectivity index (χ4v) is 1.59. The van der Waals surface area contributed by atoms with Crippen molar-refractivity contribution < 1.29 is 13.9 Å². The number of carbonyl (C=O) groups excluding carboxylic acids is 1. The van der Waals surface area contributed by atoms with Gasteiger partial charge in [0.2, 0.25) is 0 Å². The van der Waals surface area contributed by atoms with Gasteiger partial charge >= 0.3 is 5.97 Å². The van der Waals surface area contributed by atoms with Crippen LogP contribution < -0.4 is 5.32 Å². The maximum absolute atomic E-state index is 10.8. The van der Waals surface area contributed by atoms with Gasteiger partial charge in [-0.1, -0.05) is 0 Å². The van der Waals surface area contributed by atoms with Crippen LogP contribution in [0, 0.1) is 0 Å². The highest BCUT2D eigenvalue weighted by Crippen LogP contribution is 2.02. The number of aryl methyl sites for hydroxylation is 1. The smallest absolute Gasteiger partial charge is 0.305 e. The van der Waals surface area contributed by atoms with Crippen LogP contribution in [0.5, 0.6) is 0 Å². The number of nitrogens with one attached hydrogen (secondary N) is 1. The van der Waals surface area contributed by atoms with Crippen molar-refractivity contribution in [2.45, 2.75) is 32.1 Å². The number of unbranched alkanes of at least 4 members (excludes halogenated alkanes) is 1. The standard InChI is InChI=1S/C13H21NO3/c1-16-13(15)8-2-3-9-14-10-4-6-12-7-5-11-17-12/h5,7,11,14H,2-4,6,8-10H2,1H3. The van der Waals surface area contributed by atoms with E-state index in [4.69, 9.17) is 4.42 Å². The zero-order valence-electron chi connectivity index (χ0n) is 10.4. The molecule has 0 spiro atoms. The zero-order valence-corrected chi connectivity index (χ0v) is 10.4. The summed E-state index contributed by atoms with van der Waals surface area (Å²) < 4.78 is 9.81. The van der Waals surface area contributed by atoms with E-state index in [0.29, 0.717) is 6.42 Å². The normalized spacial score (nSPS) is 10.4. The van der Waals surface area contributed by atoms with E-state index in [0.717, 1.165) is 44.5 Å². The van der Waals surface area contributed by atoms with Crippen molar-refractivity contribution in [2.24, 2.45) is 0 Å². The van der Waals surface area contributed by atoms with Gasteiger partial charge in [-0.15, -0.1) is 0 Å². The molecule has 0 atom stereocenters. The van der Waals surface area contributed by atoms with E-state index in [1.54, 1.807) is 6.26 Å². The summed E-state index contributed by atoms with van der Waals surface area (Å²) in [5.41, 5.74) is 0. The molecule has 4 heteroatoms. The second-order valence-electron chi connectivity index (χ2n) is 3.97.